The third-order valence-corrected chi connectivity index (χ3v) is 8.46. The molecule has 0 spiro atoms. The van der Waals surface area contributed by atoms with Crippen LogP contribution in [0.5, 0.6) is 0 Å². The van der Waals surface area contributed by atoms with E-state index in [9.17, 15) is 45.0 Å². The van der Waals surface area contributed by atoms with Crippen LogP contribution in [0.2, 0.25) is 0 Å². The minimum Gasteiger partial charge on any atom is -0.461 e. The molecule has 0 unspecified atom stereocenters. The first-order chi connectivity index (χ1) is 21.8. The van der Waals surface area contributed by atoms with Crippen molar-refractivity contribution in [2.45, 2.75) is 121 Å². The number of nitrogens with one attached hydrogen (secondary N) is 1. The maximum absolute atomic E-state index is 13.1. The van der Waals surface area contributed by atoms with Gasteiger partial charge < -0.3 is 59.8 Å². The normalized spacial score (nSPS) is 38.1. The van der Waals surface area contributed by atoms with Gasteiger partial charge in [0.15, 0.2) is 6.29 Å². The Bertz CT molecular complexity index is 991. The van der Waals surface area contributed by atoms with E-state index in [0.29, 0.717) is 32.2 Å². The molecule has 266 valence electrons. The summed E-state index contributed by atoms with van der Waals surface area (Å²) >= 11 is 0. The summed E-state index contributed by atoms with van der Waals surface area (Å²) in [6.45, 7) is 6.41. The van der Waals surface area contributed by atoms with Gasteiger partial charge in [-0.15, -0.1) is 0 Å². The maximum Gasteiger partial charge on any atom is 0.302 e. The van der Waals surface area contributed by atoms with Crippen molar-refractivity contribution in [3.8, 4) is 0 Å². The Hall–Kier alpha value is -2.03. The molecule has 2 amide bonds. The van der Waals surface area contributed by atoms with Crippen LogP contribution in [-0.2, 0) is 38.2 Å². The molecule has 0 radical (unpaired) electrons. The van der Waals surface area contributed by atoms with E-state index in [0.717, 1.165) is 0 Å². The molecule has 3 aliphatic rings. The van der Waals surface area contributed by atoms with Crippen LogP contribution >= 0.6 is 0 Å². The first-order valence-corrected chi connectivity index (χ1v) is 15.9. The second kappa shape index (κ2) is 17.9. The van der Waals surface area contributed by atoms with Gasteiger partial charge in [-0.3, -0.25) is 19.2 Å². The highest BCUT2D eigenvalue weighted by Gasteiger charge is 2.50. The zero-order chi connectivity index (χ0) is 34.1. The van der Waals surface area contributed by atoms with Crippen molar-refractivity contribution < 1.29 is 68.8 Å². The number of rotatable bonds is 8. The average Bonchev–Trinajstić information content (AvgIpc) is 3.02. The number of esters is 1. The second-order valence-electron chi connectivity index (χ2n) is 12.1. The Kier molecular flexibility index (Phi) is 15.0. The number of carbonyl (C=O) groups excluding carboxylic acids is 3. The van der Waals surface area contributed by atoms with Crippen LogP contribution in [-0.4, -0.2) is 165 Å². The number of hydrogen-bond donors (Lipinski definition) is 7. The SMILES string of the molecule is CC[C@H](C)C(=O)N1CCCNC(=O)CN(O[C@@H]2O[C@@H](C)[C@H](O)[C@@H](O)[C@H]2O[C@@H]2O[C@H](CO)[C@@H](O)[C@H](O)[C@H]2O)CCC[C@@H](OC(C)=O)C1. The number of nitrogens with zero attached hydrogens (tertiary/aromatic N) is 2. The molecular formula is C29H51N3O14. The molecule has 46 heavy (non-hydrogen) atoms. The fourth-order valence-corrected chi connectivity index (χ4v) is 5.54. The van der Waals surface area contributed by atoms with Crippen molar-refractivity contribution in [3.05, 3.63) is 0 Å². The Balaban J connectivity index is 1.79. The summed E-state index contributed by atoms with van der Waals surface area (Å²) in [6, 6.07) is 0. The van der Waals surface area contributed by atoms with Gasteiger partial charge >= 0.3 is 5.97 Å². The zero-order valence-corrected chi connectivity index (χ0v) is 26.8. The van der Waals surface area contributed by atoms with E-state index in [4.69, 9.17) is 23.8 Å². The number of ether oxygens (including phenoxy) is 4. The van der Waals surface area contributed by atoms with E-state index in [1.54, 1.807) is 4.90 Å². The van der Waals surface area contributed by atoms with Crippen LogP contribution in [0.3, 0.4) is 0 Å². The minimum atomic E-state index is -1.80. The third kappa shape index (κ3) is 10.2. The quantitative estimate of drug-likeness (QED) is 0.128. The number of carbonyl (C=O) groups is 3. The molecule has 0 bridgehead atoms. The lowest BCUT2D eigenvalue weighted by Crippen LogP contribution is -2.64. The summed E-state index contributed by atoms with van der Waals surface area (Å²) in [7, 11) is 0. The molecule has 17 nitrogen and oxygen atoms in total. The maximum atomic E-state index is 13.1. The van der Waals surface area contributed by atoms with Gasteiger partial charge in [0.05, 0.1) is 19.3 Å². The monoisotopic (exact) mass is 665 g/mol. The van der Waals surface area contributed by atoms with Crippen molar-refractivity contribution in [2.75, 3.05) is 39.3 Å². The molecule has 7 N–H and O–H groups in total. The average molecular weight is 666 g/mol. The van der Waals surface area contributed by atoms with Gasteiger partial charge in [0.1, 0.15) is 55.4 Å². The topological polar surface area (TPSA) is 237 Å². The van der Waals surface area contributed by atoms with Crippen LogP contribution in [0.1, 0.15) is 53.4 Å². The van der Waals surface area contributed by atoms with Gasteiger partial charge in [-0.05, 0) is 32.6 Å². The van der Waals surface area contributed by atoms with Crippen LogP contribution in [0.25, 0.3) is 0 Å². The first-order valence-electron chi connectivity index (χ1n) is 15.9. The molecule has 3 fully saturated rings. The summed E-state index contributed by atoms with van der Waals surface area (Å²) in [4.78, 5) is 45.6. The predicted octanol–water partition coefficient (Wildman–Crippen LogP) is -3.02. The molecule has 17 heteroatoms. The zero-order valence-electron chi connectivity index (χ0n) is 26.8. The molecule has 3 rings (SSSR count). The molecule has 0 aliphatic carbocycles. The molecular weight excluding hydrogens is 614 g/mol. The molecule has 0 aromatic rings. The molecule has 3 heterocycles. The van der Waals surface area contributed by atoms with E-state index in [-0.39, 0.29) is 38.0 Å². The van der Waals surface area contributed by atoms with E-state index in [1.165, 1.54) is 18.9 Å². The van der Waals surface area contributed by atoms with Gasteiger partial charge in [-0.25, -0.2) is 0 Å². The van der Waals surface area contributed by atoms with Crippen molar-refractivity contribution in [2.24, 2.45) is 5.92 Å². The highest BCUT2D eigenvalue weighted by atomic mass is 16.8. The van der Waals surface area contributed by atoms with E-state index in [1.807, 2.05) is 13.8 Å². The first kappa shape index (κ1) is 38.4. The highest BCUT2D eigenvalue weighted by Crippen LogP contribution is 2.30. The molecule has 0 aromatic heterocycles. The van der Waals surface area contributed by atoms with Gasteiger partial charge in [-0.2, -0.15) is 5.06 Å². The number of aliphatic hydroxyl groups is 6. The highest BCUT2D eigenvalue weighted by molar-refractivity contribution is 5.79. The summed E-state index contributed by atoms with van der Waals surface area (Å²) < 4.78 is 22.5. The van der Waals surface area contributed by atoms with Crippen LogP contribution in [0.4, 0.5) is 0 Å². The lowest BCUT2D eigenvalue weighted by molar-refractivity contribution is -0.393. The standard InChI is InChI=1S/C29H51N3O14/c1-5-15(2)27(41)31-10-7-9-30-20(35)13-32(11-6-8-18(12-31)43-17(4)34)46-29-26(24(39)21(36)16(3)42-29)45-28-25(40)23(38)22(37)19(14-33)44-28/h15-16,18-19,21-26,28-29,33,36-40H,5-14H2,1-4H3,(H,30,35)/t15-,16-,18+,19+,21-,22+,23-,24+,25+,26+,28-,29-/m0/s1. The van der Waals surface area contributed by atoms with Crippen molar-refractivity contribution >= 4 is 17.8 Å². The molecule has 0 saturated carbocycles. The van der Waals surface area contributed by atoms with Crippen molar-refractivity contribution in [1.29, 1.82) is 0 Å². The van der Waals surface area contributed by atoms with Crippen LogP contribution < -0.4 is 5.32 Å². The molecule has 3 aliphatic heterocycles. The Labute approximate surface area is 268 Å². The summed E-state index contributed by atoms with van der Waals surface area (Å²) in [5.41, 5.74) is 0. The van der Waals surface area contributed by atoms with Gasteiger partial charge in [-0.1, -0.05) is 13.8 Å². The number of hydroxylamine groups is 2. The summed E-state index contributed by atoms with van der Waals surface area (Å²) in [5.74, 6) is -1.20. The predicted molar refractivity (Wildman–Crippen MR) is 156 cm³/mol. The lowest BCUT2D eigenvalue weighted by Gasteiger charge is -2.46. The van der Waals surface area contributed by atoms with E-state index < -0.39 is 86.0 Å². The molecule has 12 atom stereocenters. The largest absolute Gasteiger partial charge is 0.461 e. The number of hydrogen-bond acceptors (Lipinski definition) is 15. The van der Waals surface area contributed by atoms with E-state index in [2.05, 4.69) is 5.32 Å². The number of aliphatic hydroxyl groups excluding tert-OH is 6. The van der Waals surface area contributed by atoms with Crippen molar-refractivity contribution in [3.63, 3.8) is 0 Å². The smallest absolute Gasteiger partial charge is 0.302 e. The molecule has 0 aromatic carbocycles. The minimum absolute atomic E-state index is 0.0689. The number of amides is 2. The van der Waals surface area contributed by atoms with Crippen LogP contribution in [0, 0.1) is 5.92 Å². The van der Waals surface area contributed by atoms with Gasteiger partial charge in [0, 0.05) is 32.5 Å². The van der Waals surface area contributed by atoms with Crippen LogP contribution in [0.15, 0.2) is 0 Å². The fraction of sp³-hybridized carbons (Fsp3) is 0.897. The lowest BCUT2D eigenvalue weighted by atomic mass is 9.97. The third-order valence-electron chi connectivity index (χ3n) is 8.46. The Morgan fingerprint density at radius 1 is 1.00 bits per heavy atom. The van der Waals surface area contributed by atoms with Crippen molar-refractivity contribution in [1.82, 2.24) is 15.3 Å². The van der Waals surface area contributed by atoms with E-state index >= 15 is 0 Å². The summed E-state index contributed by atoms with van der Waals surface area (Å²) in [5, 5.41) is 65.9. The fourth-order valence-electron chi connectivity index (χ4n) is 5.54. The summed E-state index contributed by atoms with van der Waals surface area (Å²) in [6.07, 6.45) is -14.1. The Morgan fingerprint density at radius 3 is 2.37 bits per heavy atom. The Morgan fingerprint density at radius 2 is 1.72 bits per heavy atom. The van der Waals surface area contributed by atoms with Gasteiger partial charge in [0.2, 0.25) is 18.1 Å². The molecule has 3 saturated heterocycles. The van der Waals surface area contributed by atoms with Gasteiger partial charge in [0.25, 0.3) is 0 Å². The second-order valence-corrected chi connectivity index (χ2v) is 12.1.